The zero-order valence-electron chi connectivity index (χ0n) is 10.7. The van der Waals surface area contributed by atoms with E-state index in [-0.39, 0.29) is 0 Å². The number of hydrogen-bond acceptors (Lipinski definition) is 5. The van der Waals surface area contributed by atoms with Crippen LogP contribution in [0.25, 0.3) is 6.08 Å². The van der Waals surface area contributed by atoms with Gasteiger partial charge in [-0.05, 0) is 28.8 Å². The molecule has 1 aliphatic heterocycles. The fraction of sp³-hybridized carbons (Fsp3) is 0.357. The third-order valence-corrected chi connectivity index (χ3v) is 5.02. The van der Waals surface area contributed by atoms with Crippen LogP contribution >= 0.6 is 22.7 Å². The highest BCUT2D eigenvalue weighted by molar-refractivity contribution is 7.15. The van der Waals surface area contributed by atoms with Crippen molar-refractivity contribution >= 4 is 33.9 Å². The molecule has 100 valence electrons. The van der Waals surface area contributed by atoms with Crippen LogP contribution in [0, 0.1) is 0 Å². The van der Waals surface area contributed by atoms with Crippen molar-refractivity contribution in [3.63, 3.8) is 0 Å². The zero-order valence-corrected chi connectivity index (χ0v) is 12.3. The highest BCUT2D eigenvalue weighted by Crippen LogP contribution is 2.24. The number of hydrogen-bond donors (Lipinski definition) is 1. The number of rotatable bonds is 3. The van der Waals surface area contributed by atoms with Gasteiger partial charge >= 0.3 is 0 Å². The second-order valence-electron chi connectivity index (χ2n) is 4.68. The van der Waals surface area contributed by atoms with Crippen molar-refractivity contribution in [3.05, 3.63) is 39.0 Å². The van der Waals surface area contributed by atoms with E-state index in [0.717, 1.165) is 37.6 Å². The van der Waals surface area contributed by atoms with E-state index >= 15 is 0 Å². The van der Waals surface area contributed by atoms with Gasteiger partial charge in [0.15, 0.2) is 5.13 Å². The van der Waals surface area contributed by atoms with Gasteiger partial charge in [0.1, 0.15) is 0 Å². The molecule has 0 saturated heterocycles. The van der Waals surface area contributed by atoms with Crippen LogP contribution in [0.5, 0.6) is 0 Å². The molecule has 0 atom stereocenters. The van der Waals surface area contributed by atoms with Gasteiger partial charge in [0.2, 0.25) is 0 Å². The molecule has 3 nitrogen and oxygen atoms in total. The molecule has 3 heterocycles. The molecule has 0 radical (unpaired) electrons. The molecule has 0 bridgehead atoms. The van der Waals surface area contributed by atoms with Gasteiger partial charge in [-0.1, -0.05) is 12.2 Å². The maximum atomic E-state index is 5.76. The number of aromatic nitrogens is 1. The molecule has 2 N–H and O–H groups in total. The highest BCUT2D eigenvalue weighted by atomic mass is 32.1. The number of nitrogens with zero attached hydrogens (tertiary/aromatic N) is 2. The summed E-state index contributed by atoms with van der Waals surface area (Å²) in [5.74, 6) is 0. The standard InChI is InChI=1S/C14H17N3S2/c15-14-16-12-3-7-17(8-4-13(12)19-14)6-1-2-11-5-9-18-10-11/h1-2,5,9-10H,3-4,6-8H2,(H2,15,16). The first kappa shape index (κ1) is 12.8. The van der Waals surface area contributed by atoms with Crippen molar-refractivity contribution in [3.8, 4) is 0 Å². The average Bonchev–Trinajstić information content (AvgIpc) is 2.98. The predicted octanol–water partition coefficient (Wildman–Crippen LogP) is 2.90. The molecule has 19 heavy (non-hydrogen) atoms. The first-order valence-electron chi connectivity index (χ1n) is 6.46. The van der Waals surface area contributed by atoms with E-state index in [0.29, 0.717) is 0 Å². The van der Waals surface area contributed by atoms with Crippen LogP contribution in [0.1, 0.15) is 16.1 Å². The molecule has 0 amide bonds. The average molecular weight is 291 g/mol. The topological polar surface area (TPSA) is 42.1 Å². The Balaban J connectivity index is 1.56. The Morgan fingerprint density at radius 3 is 3.11 bits per heavy atom. The first-order chi connectivity index (χ1) is 9.31. The summed E-state index contributed by atoms with van der Waals surface area (Å²) < 4.78 is 0. The summed E-state index contributed by atoms with van der Waals surface area (Å²) in [6.45, 7) is 3.19. The van der Waals surface area contributed by atoms with E-state index in [1.54, 1.807) is 22.7 Å². The number of thiophene rings is 1. The lowest BCUT2D eigenvalue weighted by molar-refractivity contribution is 0.318. The molecule has 0 fully saturated rings. The van der Waals surface area contributed by atoms with Crippen molar-refractivity contribution in [2.75, 3.05) is 25.4 Å². The van der Waals surface area contributed by atoms with Crippen molar-refractivity contribution in [1.29, 1.82) is 0 Å². The summed E-state index contributed by atoms with van der Waals surface area (Å²) in [5.41, 5.74) is 8.28. The molecule has 3 rings (SSSR count). The Labute approximate surface area is 121 Å². The molecular formula is C14H17N3S2. The third kappa shape index (κ3) is 3.23. The number of nitrogens with two attached hydrogens (primary N) is 1. The van der Waals surface area contributed by atoms with Gasteiger partial charge in [-0.3, -0.25) is 4.90 Å². The van der Waals surface area contributed by atoms with E-state index in [4.69, 9.17) is 5.73 Å². The van der Waals surface area contributed by atoms with E-state index in [1.807, 2.05) is 0 Å². The van der Waals surface area contributed by atoms with Crippen LogP contribution in [0.4, 0.5) is 5.13 Å². The highest BCUT2D eigenvalue weighted by Gasteiger charge is 2.16. The monoisotopic (exact) mass is 291 g/mol. The van der Waals surface area contributed by atoms with E-state index in [9.17, 15) is 0 Å². The summed E-state index contributed by atoms with van der Waals surface area (Å²) in [6.07, 6.45) is 6.56. The van der Waals surface area contributed by atoms with Crippen molar-refractivity contribution < 1.29 is 0 Å². The lowest BCUT2D eigenvalue weighted by Gasteiger charge is -2.17. The molecule has 5 heteroatoms. The first-order valence-corrected chi connectivity index (χ1v) is 8.22. The summed E-state index contributed by atoms with van der Waals surface area (Å²) in [6, 6.07) is 2.15. The van der Waals surface area contributed by atoms with Crippen LogP contribution < -0.4 is 5.73 Å². The molecule has 0 aliphatic carbocycles. The van der Waals surface area contributed by atoms with Crippen LogP contribution in [0.2, 0.25) is 0 Å². The third-order valence-electron chi connectivity index (χ3n) is 3.33. The molecule has 1 aliphatic rings. The Morgan fingerprint density at radius 1 is 1.37 bits per heavy atom. The fourth-order valence-corrected chi connectivity index (χ4v) is 3.82. The molecular weight excluding hydrogens is 274 g/mol. The van der Waals surface area contributed by atoms with Gasteiger partial charge in [0.05, 0.1) is 5.69 Å². The van der Waals surface area contributed by atoms with Crippen molar-refractivity contribution in [1.82, 2.24) is 9.88 Å². The largest absolute Gasteiger partial charge is 0.375 e. The van der Waals surface area contributed by atoms with Crippen LogP contribution in [-0.2, 0) is 12.8 Å². The maximum absolute atomic E-state index is 5.76. The molecule has 2 aromatic heterocycles. The maximum Gasteiger partial charge on any atom is 0.180 e. The van der Waals surface area contributed by atoms with Gasteiger partial charge in [-0.25, -0.2) is 4.98 Å². The SMILES string of the molecule is Nc1nc2c(s1)CCN(CC=Cc1ccsc1)CC2. The predicted molar refractivity (Wildman–Crippen MR) is 83.7 cm³/mol. The van der Waals surface area contributed by atoms with E-state index < -0.39 is 0 Å². The summed E-state index contributed by atoms with van der Waals surface area (Å²) in [7, 11) is 0. The minimum atomic E-state index is 0.718. The lowest BCUT2D eigenvalue weighted by Crippen LogP contribution is -2.26. The molecule has 2 aromatic rings. The second kappa shape index (κ2) is 5.86. The fourth-order valence-electron chi connectivity index (χ4n) is 2.32. The van der Waals surface area contributed by atoms with E-state index in [2.05, 4.69) is 38.9 Å². The van der Waals surface area contributed by atoms with Gasteiger partial charge in [0.25, 0.3) is 0 Å². The van der Waals surface area contributed by atoms with Crippen LogP contribution in [-0.4, -0.2) is 29.5 Å². The Kier molecular flexibility index (Phi) is 3.96. The quantitative estimate of drug-likeness (QED) is 0.945. The number of nitrogen functional groups attached to an aromatic ring is 1. The smallest absolute Gasteiger partial charge is 0.180 e. The summed E-state index contributed by atoms with van der Waals surface area (Å²) >= 11 is 3.39. The molecule has 0 saturated carbocycles. The van der Waals surface area contributed by atoms with Crippen LogP contribution in [0.15, 0.2) is 22.9 Å². The molecule has 0 aromatic carbocycles. The zero-order chi connectivity index (χ0) is 13.1. The minimum Gasteiger partial charge on any atom is -0.375 e. The molecule has 0 unspecified atom stereocenters. The van der Waals surface area contributed by atoms with Gasteiger partial charge in [-0.2, -0.15) is 11.3 Å². The van der Waals surface area contributed by atoms with Crippen LogP contribution in [0.3, 0.4) is 0 Å². The van der Waals surface area contributed by atoms with Crippen molar-refractivity contribution in [2.45, 2.75) is 12.8 Å². The minimum absolute atomic E-state index is 0.718. The number of thiazole rings is 1. The lowest BCUT2D eigenvalue weighted by atomic mass is 10.2. The number of fused-ring (bicyclic) bond motifs is 1. The molecule has 0 spiro atoms. The second-order valence-corrected chi connectivity index (χ2v) is 6.58. The van der Waals surface area contributed by atoms with Gasteiger partial charge in [-0.15, -0.1) is 11.3 Å². The normalized spacial score (nSPS) is 16.6. The van der Waals surface area contributed by atoms with Crippen molar-refractivity contribution in [2.24, 2.45) is 0 Å². The number of anilines is 1. The van der Waals surface area contributed by atoms with E-state index in [1.165, 1.54) is 16.1 Å². The van der Waals surface area contributed by atoms with Gasteiger partial charge < -0.3 is 5.73 Å². The Morgan fingerprint density at radius 2 is 2.26 bits per heavy atom. The summed E-state index contributed by atoms with van der Waals surface area (Å²) in [5, 5.41) is 5.00. The summed E-state index contributed by atoms with van der Waals surface area (Å²) in [4.78, 5) is 8.28. The Bertz CT molecular complexity index is 532. The Hall–Kier alpha value is -1.17. The van der Waals surface area contributed by atoms with Gasteiger partial charge in [0, 0.05) is 30.9 Å².